The number of nitrogens with one attached hydrogen (secondary N) is 1. The molecule has 0 aliphatic carbocycles. The normalized spacial score (nSPS) is 11.1. The lowest BCUT2D eigenvalue weighted by Gasteiger charge is -2.10. The van der Waals surface area contributed by atoms with Crippen LogP contribution in [-0.4, -0.2) is 13.4 Å². The zero-order chi connectivity index (χ0) is 15.6. The van der Waals surface area contributed by atoms with Crippen molar-refractivity contribution in [3.63, 3.8) is 0 Å². The van der Waals surface area contributed by atoms with E-state index in [1.165, 1.54) is 36.4 Å². The Balaban J connectivity index is 2.34. The van der Waals surface area contributed by atoms with Gasteiger partial charge in [-0.2, -0.15) is 0 Å². The molecule has 0 saturated carbocycles. The lowest BCUT2D eigenvalue weighted by molar-refractivity contribution is 0.598. The van der Waals surface area contributed by atoms with Crippen molar-refractivity contribution in [2.75, 3.05) is 4.72 Å². The molecule has 0 aliphatic rings. The van der Waals surface area contributed by atoms with E-state index in [-0.39, 0.29) is 15.6 Å². The first kappa shape index (κ1) is 15.9. The molecule has 21 heavy (non-hydrogen) atoms. The van der Waals surface area contributed by atoms with Gasteiger partial charge in [-0.25, -0.2) is 12.8 Å². The van der Waals surface area contributed by atoms with E-state index in [0.717, 1.165) is 6.07 Å². The van der Waals surface area contributed by atoms with Crippen molar-refractivity contribution in [1.29, 1.82) is 0 Å². The molecule has 0 spiro atoms. The van der Waals surface area contributed by atoms with Crippen LogP contribution in [-0.2, 0) is 10.0 Å². The molecule has 0 aliphatic heterocycles. The van der Waals surface area contributed by atoms with Crippen LogP contribution in [0.1, 0.15) is 5.56 Å². The van der Waals surface area contributed by atoms with Crippen molar-refractivity contribution < 1.29 is 12.8 Å². The summed E-state index contributed by atoms with van der Waals surface area (Å²) in [6, 6.07) is 9.68. The number of rotatable bonds is 4. The SMILES string of the molecule is NC(=S)c1ccc(S(=O)(=O)Nc2cc(Br)ccc2F)cc1. The standard InChI is InChI=1S/C13H10BrFN2O2S2/c14-9-3-6-11(15)12(7-9)17-21(18,19)10-4-1-8(2-5-10)13(16)20/h1-7,17H,(H2,16,20). The van der Waals surface area contributed by atoms with Gasteiger partial charge in [0, 0.05) is 10.0 Å². The van der Waals surface area contributed by atoms with E-state index in [2.05, 4.69) is 20.7 Å². The largest absolute Gasteiger partial charge is 0.389 e. The number of hydrogen-bond donors (Lipinski definition) is 2. The highest BCUT2D eigenvalue weighted by atomic mass is 79.9. The third-order valence-corrected chi connectivity index (χ3v) is 4.73. The molecule has 110 valence electrons. The first-order valence-corrected chi connectivity index (χ1v) is 8.36. The molecule has 0 fully saturated rings. The van der Waals surface area contributed by atoms with Gasteiger partial charge in [-0.3, -0.25) is 4.72 Å². The number of anilines is 1. The van der Waals surface area contributed by atoms with Crippen LogP contribution in [0.5, 0.6) is 0 Å². The summed E-state index contributed by atoms with van der Waals surface area (Å²) >= 11 is 7.95. The molecule has 0 unspecified atom stereocenters. The molecule has 2 aromatic rings. The van der Waals surface area contributed by atoms with Gasteiger partial charge in [-0.15, -0.1) is 0 Å². The Morgan fingerprint density at radius 3 is 2.38 bits per heavy atom. The summed E-state index contributed by atoms with van der Waals surface area (Å²) in [7, 11) is -3.89. The number of benzene rings is 2. The molecule has 3 N–H and O–H groups in total. The number of hydrogen-bond acceptors (Lipinski definition) is 3. The van der Waals surface area contributed by atoms with E-state index in [1.807, 2.05) is 0 Å². The Kier molecular flexibility index (Phi) is 4.60. The molecular formula is C13H10BrFN2O2S2. The average molecular weight is 389 g/mol. The maximum absolute atomic E-state index is 13.6. The number of sulfonamides is 1. The fourth-order valence-corrected chi connectivity index (χ4v) is 3.13. The number of halogens is 2. The van der Waals surface area contributed by atoms with Crippen LogP contribution in [0.25, 0.3) is 0 Å². The van der Waals surface area contributed by atoms with E-state index in [0.29, 0.717) is 10.0 Å². The van der Waals surface area contributed by atoms with Crippen LogP contribution < -0.4 is 10.5 Å². The van der Waals surface area contributed by atoms with Crippen LogP contribution in [0.15, 0.2) is 51.8 Å². The topological polar surface area (TPSA) is 72.2 Å². The predicted molar refractivity (Wildman–Crippen MR) is 87.2 cm³/mol. The summed E-state index contributed by atoms with van der Waals surface area (Å²) in [4.78, 5) is 0.159. The second kappa shape index (κ2) is 6.08. The van der Waals surface area contributed by atoms with Crippen molar-refractivity contribution in [2.24, 2.45) is 5.73 Å². The highest BCUT2D eigenvalue weighted by Crippen LogP contribution is 2.23. The Morgan fingerprint density at radius 1 is 1.19 bits per heavy atom. The van der Waals surface area contributed by atoms with Crippen molar-refractivity contribution in [1.82, 2.24) is 0 Å². The Hall–Kier alpha value is -1.51. The highest BCUT2D eigenvalue weighted by molar-refractivity contribution is 9.10. The Morgan fingerprint density at radius 2 is 1.81 bits per heavy atom. The molecule has 4 nitrogen and oxygen atoms in total. The molecule has 0 saturated heterocycles. The van der Waals surface area contributed by atoms with Crippen molar-refractivity contribution in [2.45, 2.75) is 4.90 Å². The van der Waals surface area contributed by atoms with Crippen molar-refractivity contribution in [3.8, 4) is 0 Å². The lowest BCUT2D eigenvalue weighted by Crippen LogP contribution is -2.15. The van der Waals surface area contributed by atoms with E-state index < -0.39 is 15.8 Å². The predicted octanol–water partition coefficient (Wildman–Crippen LogP) is 3.02. The van der Waals surface area contributed by atoms with Gasteiger partial charge in [0.05, 0.1) is 10.6 Å². The monoisotopic (exact) mass is 388 g/mol. The summed E-state index contributed by atoms with van der Waals surface area (Å²) in [6.07, 6.45) is 0. The average Bonchev–Trinajstić information content (AvgIpc) is 2.43. The van der Waals surface area contributed by atoms with Gasteiger partial charge in [0.2, 0.25) is 0 Å². The molecule has 8 heteroatoms. The van der Waals surface area contributed by atoms with Crippen molar-refractivity contribution in [3.05, 3.63) is 58.3 Å². The minimum Gasteiger partial charge on any atom is -0.389 e. The van der Waals surface area contributed by atoms with Crippen LogP contribution in [0.3, 0.4) is 0 Å². The zero-order valence-corrected chi connectivity index (χ0v) is 13.7. The molecule has 0 heterocycles. The Bertz CT molecular complexity index is 792. The third kappa shape index (κ3) is 3.78. The van der Waals surface area contributed by atoms with E-state index >= 15 is 0 Å². The quantitative estimate of drug-likeness (QED) is 0.789. The van der Waals surface area contributed by atoms with Gasteiger partial charge in [0.25, 0.3) is 10.0 Å². The van der Waals surface area contributed by atoms with Crippen LogP contribution >= 0.6 is 28.1 Å². The minimum atomic E-state index is -3.89. The van der Waals surface area contributed by atoms with Gasteiger partial charge in [-0.05, 0) is 30.3 Å². The summed E-state index contributed by atoms with van der Waals surface area (Å²) in [5.74, 6) is -0.665. The molecule has 0 amide bonds. The van der Waals surface area contributed by atoms with Crippen LogP contribution in [0, 0.1) is 5.82 Å². The Labute approximate surface area is 135 Å². The van der Waals surface area contributed by atoms with Gasteiger partial charge < -0.3 is 5.73 Å². The second-order valence-electron chi connectivity index (χ2n) is 4.12. The smallest absolute Gasteiger partial charge is 0.261 e. The van der Waals surface area contributed by atoms with Gasteiger partial charge in [-0.1, -0.05) is 40.3 Å². The fraction of sp³-hybridized carbons (Fsp3) is 0. The first-order chi connectivity index (χ1) is 9.79. The summed E-state index contributed by atoms with van der Waals surface area (Å²) in [6.45, 7) is 0. The van der Waals surface area contributed by atoms with Gasteiger partial charge >= 0.3 is 0 Å². The van der Waals surface area contributed by atoms with Crippen LogP contribution in [0.2, 0.25) is 0 Å². The summed E-state index contributed by atoms with van der Waals surface area (Å²) in [5, 5.41) is 0. The lowest BCUT2D eigenvalue weighted by atomic mass is 10.2. The molecule has 2 rings (SSSR count). The molecule has 2 aromatic carbocycles. The highest BCUT2D eigenvalue weighted by Gasteiger charge is 2.16. The number of nitrogens with two attached hydrogens (primary N) is 1. The summed E-state index contributed by atoms with van der Waals surface area (Å²) in [5.41, 5.74) is 5.86. The van der Waals surface area contributed by atoms with E-state index in [1.54, 1.807) is 0 Å². The van der Waals surface area contributed by atoms with Crippen molar-refractivity contribution >= 4 is 48.8 Å². The molecular weight excluding hydrogens is 379 g/mol. The molecule has 0 aromatic heterocycles. The number of thiocarbonyl (C=S) groups is 1. The summed E-state index contributed by atoms with van der Waals surface area (Å²) < 4.78 is 40.7. The van der Waals surface area contributed by atoms with E-state index in [4.69, 9.17) is 18.0 Å². The maximum atomic E-state index is 13.6. The maximum Gasteiger partial charge on any atom is 0.261 e. The van der Waals surface area contributed by atoms with Gasteiger partial charge in [0.15, 0.2) is 0 Å². The first-order valence-electron chi connectivity index (χ1n) is 5.67. The minimum absolute atomic E-state index is 0.0122. The second-order valence-corrected chi connectivity index (χ2v) is 7.16. The molecule has 0 atom stereocenters. The zero-order valence-electron chi connectivity index (χ0n) is 10.5. The van der Waals surface area contributed by atoms with Crippen LogP contribution in [0.4, 0.5) is 10.1 Å². The fourth-order valence-electron chi connectivity index (χ4n) is 1.58. The third-order valence-electron chi connectivity index (χ3n) is 2.62. The molecule has 0 radical (unpaired) electrons. The van der Waals surface area contributed by atoms with Gasteiger partial charge in [0.1, 0.15) is 10.8 Å². The van der Waals surface area contributed by atoms with E-state index in [9.17, 15) is 12.8 Å². The molecule has 0 bridgehead atoms.